The van der Waals surface area contributed by atoms with Crippen LogP contribution in [0.4, 0.5) is 36.4 Å². The van der Waals surface area contributed by atoms with Gasteiger partial charge >= 0.3 is 12.4 Å². The van der Waals surface area contributed by atoms with E-state index in [9.17, 15) is 35.9 Å². The van der Waals surface area contributed by atoms with Crippen molar-refractivity contribution < 1.29 is 30.7 Å². The molecule has 0 fully saturated rings. The molecule has 0 bridgehead atoms. The summed E-state index contributed by atoms with van der Waals surface area (Å²) in [4.78, 5) is 32.5. The molecule has 1 aromatic carbocycles. The Morgan fingerprint density at radius 3 is 2.33 bits per heavy atom. The number of alkyl halides is 6. The molecule has 42 heavy (non-hydrogen) atoms. The van der Waals surface area contributed by atoms with Crippen molar-refractivity contribution in [3.8, 4) is 11.4 Å². The van der Waals surface area contributed by atoms with Gasteiger partial charge in [-0.1, -0.05) is 11.6 Å². The minimum Gasteiger partial charge on any atom is -0.377 e. The van der Waals surface area contributed by atoms with Gasteiger partial charge in [-0.3, -0.25) is 9.59 Å². The number of nitrogens with one attached hydrogen (secondary N) is 1. The zero-order chi connectivity index (χ0) is 31.1. The van der Waals surface area contributed by atoms with Crippen LogP contribution in [-0.2, 0) is 18.9 Å². The fourth-order valence-corrected chi connectivity index (χ4v) is 4.77. The van der Waals surface area contributed by atoms with Crippen molar-refractivity contribution in [2.24, 2.45) is 0 Å². The normalized spacial score (nSPS) is 13.5. The van der Waals surface area contributed by atoms with Gasteiger partial charge < -0.3 is 9.88 Å². The molecular formula is C25H19F7IN6O2P. The van der Waals surface area contributed by atoms with Crippen LogP contribution in [-0.4, -0.2) is 28.6 Å². The summed E-state index contributed by atoms with van der Waals surface area (Å²) in [6.45, 7) is 3.15. The number of hydrogen-bond acceptors (Lipinski definition) is 6. The summed E-state index contributed by atoms with van der Waals surface area (Å²) < 4.78 is 96.1. The number of hydrogen-bond donors (Lipinski definition) is 1. The van der Waals surface area contributed by atoms with Crippen molar-refractivity contribution >= 4 is 53.9 Å². The van der Waals surface area contributed by atoms with E-state index in [0.717, 1.165) is 6.20 Å². The topological polar surface area (TPSA) is 94.7 Å². The molecule has 3 aromatic heterocycles. The van der Waals surface area contributed by atoms with Crippen LogP contribution in [0, 0.1) is 5.82 Å². The number of pyridine rings is 1. The van der Waals surface area contributed by atoms with Gasteiger partial charge in [-0.25, -0.2) is 14.4 Å². The molecule has 0 saturated heterocycles. The second kappa shape index (κ2) is 11.7. The molecule has 0 saturated carbocycles. The highest BCUT2D eigenvalue weighted by atomic mass is 127. The first-order valence-corrected chi connectivity index (χ1v) is 13.3. The third kappa shape index (κ3) is 6.33. The molecule has 0 aliphatic carbocycles. The van der Waals surface area contributed by atoms with Gasteiger partial charge in [-0.15, -0.1) is 9.24 Å². The van der Waals surface area contributed by atoms with Gasteiger partial charge in [0.25, 0.3) is 11.1 Å². The largest absolute Gasteiger partial charge is 0.423 e. The summed E-state index contributed by atoms with van der Waals surface area (Å²) in [5.74, 6) is -1.20. The molecule has 0 radical (unpaired) electrons. The summed E-state index contributed by atoms with van der Waals surface area (Å²) >= 11 is 1.35. The second-order valence-electron chi connectivity index (χ2n) is 9.09. The maximum atomic E-state index is 15.3. The summed E-state index contributed by atoms with van der Waals surface area (Å²) in [6, 6.07) is 2.06. The summed E-state index contributed by atoms with van der Waals surface area (Å²) in [5, 5.41) is 6.40. The first kappa shape index (κ1) is 31.5. The number of nitrogens with zero attached hydrogens (tertiary/aromatic N) is 5. The zero-order valence-electron chi connectivity index (χ0n) is 21.5. The first-order valence-electron chi connectivity index (χ1n) is 11.8. The second-order valence-corrected chi connectivity index (χ2v) is 10.6. The maximum Gasteiger partial charge on any atom is 0.423 e. The van der Waals surface area contributed by atoms with Crippen molar-refractivity contribution in [3.05, 3.63) is 86.2 Å². The highest BCUT2D eigenvalue weighted by Crippen LogP contribution is 2.33. The van der Waals surface area contributed by atoms with Gasteiger partial charge in [0.15, 0.2) is 5.82 Å². The standard InChI is InChI=1S/C25H19F7IN6O2P/c1-11(12(2)37-16-10-36-39(33)23(41)18(16)25(30,31)32)3-5-38-6-4-13-7-15(19(26)20(42)17(13)22(38)40)21-34-8-14(9-35-21)24(27,28)29/h3-4,6-10,12,37H,5,42H2,1-2H3/b11-3+/t12-/m1/s1. The molecule has 1 unspecified atom stereocenters. The molecule has 8 nitrogen and oxygen atoms in total. The number of anilines is 1. The molecular weight excluding hydrogens is 707 g/mol. The van der Waals surface area contributed by atoms with Crippen LogP contribution < -0.4 is 21.7 Å². The average molecular weight is 726 g/mol. The smallest absolute Gasteiger partial charge is 0.377 e. The molecule has 17 heteroatoms. The third-order valence-corrected chi connectivity index (χ3v) is 7.58. The Balaban J connectivity index is 1.62. The van der Waals surface area contributed by atoms with E-state index in [2.05, 4.69) is 29.6 Å². The van der Waals surface area contributed by atoms with Crippen LogP contribution in [0.15, 0.2) is 58.2 Å². The van der Waals surface area contributed by atoms with E-state index < -0.39 is 52.1 Å². The van der Waals surface area contributed by atoms with Crippen molar-refractivity contribution in [2.45, 2.75) is 38.8 Å². The van der Waals surface area contributed by atoms with Crippen molar-refractivity contribution in [1.29, 1.82) is 0 Å². The molecule has 0 amide bonds. The molecule has 2 atom stereocenters. The first-order chi connectivity index (χ1) is 19.5. The molecule has 0 spiro atoms. The quantitative estimate of drug-likeness (QED) is 0.125. The predicted octanol–water partition coefficient (Wildman–Crippen LogP) is 5.34. The van der Waals surface area contributed by atoms with Crippen molar-refractivity contribution in [2.75, 3.05) is 5.32 Å². The Morgan fingerprint density at radius 1 is 1.10 bits per heavy atom. The van der Waals surface area contributed by atoms with Crippen LogP contribution in [0.3, 0.4) is 0 Å². The SMILES string of the molecule is C/C(=C\Cn1ccc2cc(-c3ncc(C(F)(F)F)cn3)c(F)c(P)c2c1=O)[C@@H](C)Nc1cnn(I)c(=O)c1C(F)(F)F. The molecule has 222 valence electrons. The number of benzene rings is 1. The Kier molecular flexibility index (Phi) is 8.79. The molecule has 1 N–H and O–H groups in total. The van der Waals surface area contributed by atoms with Crippen LogP contribution in [0.5, 0.6) is 0 Å². The number of halogens is 8. The minimum absolute atomic E-state index is 0.00635. The predicted molar refractivity (Wildman–Crippen MR) is 153 cm³/mol. The lowest BCUT2D eigenvalue weighted by atomic mass is 10.1. The lowest BCUT2D eigenvalue weighted by molar-refractivity contribution is -0.139. The van der Waals surface area contributed by atoms with Gasteiger partial charge in [0.1, 0.15) is 11.4 Å². The molecule has 4 rings (SSSR count). The van der Waals surface area contributed by atoms with Crippen LogP contribution in [0.2, 0.25) is 0 Å². The van der Waals surface area contributed by atoms with Crippen molar-refractivity contribution in [1.82, 2.24) is 22.5 Å². The van der Waals surface area contributed by atoms with Crippen LogP contribution >= 0.6 is 32.1 Å². The number of aromatic nitrogens is 5. The summed E-state index contributed by atoms with van der Waals surface area (Å²) in [5.41, 5.74) is -4.57. The van der Waals surface area contributed by atoms with Gasteiger partial charge in [-0.2, -0.15) is 34.3 Å². The van der Waals surface area contributed by atoms with Crippen LogP contribution in [0.1, 0.15) is 25.0 Å². The fourth-order valence-electron chi connectivity index (χ4n) is 3.96. The van der Waals surface area contributed by atoms with E-state index in [4.69, 9.17) is 0 Å². The molecule has 3 heterocycles. The molecule has 0 aliphatic heterocycles. The maximum absolute atomic E-state index is 15.3. The highest BCUT2D eigenvalue weighted by Gasteiger charge is 2.38. The Morgan fingerprint density at radius 2 is 1.74 bits per heavy atom. The number of allylic oxidation sites excluding steroid dienone is 1. The third-order valence-electron chi connectivity index (χ3n) is 6.35. The van der Waals surface area contributed by atoms with E-state index in [0.29, 0.717) is 20.9 Å². The van der Waals surface area contributed by atoms with E-state index >= 15 is 4.39 Å². The van der Waals surface area contributed by atoms with Gasteiger partial charge in [0.2, 0.25) is 0 Å². The van der Waals surface area contributed by atoms with Gasteiger partial charge in [-0.05, 0) is 31.4 Å². The molecule has 0 aliphatic rings. The Bertz CT molecular complexity index is 1820. The summed E-state index contributed by atoms with van der Waals surface area (Å²) in [7, 11) is 2.11. The van der Waals surface area contributed by atoms with E-state index in [1.165, 1.54) is 45.8 Å². The van der Waals surface area contributed by atoms with E-state index in [-0.39, 0.29) is 34.0 Å². The lowest BCUT2D eigenvalue weighted by Gasteiger charge is -2.19. The Labute approximate surface area is 248 Å². The Hall–Kier alpha value is -3.40. The van der Waals surface area contributed by atoms with Crippen LogP contribution in [0.25, 0.3) is 22.2 Å². The minimum atomic E-state index is -4.92. The van der Waals surface area contributed by atoms with Crippen molar-refractivity contribution in [3.63, 3.8) is 0 Å². The monoisotopic (exact) mass is 726 g/mol. The van der Waals surface area contributed by atoms with Gasteiger partial charge in [0.05, 0.1) is 51.3 Å². The van der Waals surface area contributed by atoms with E-state index in [1.54, 1.807) is 19.9 Å². The van der Waals surface area contributed by atoms with E-state index in [1.807, 2.05) is 0 Å². The molecule has 4 aromatic rings. The highest BCUT2D eigenvalue weighted by molar-refractivity contribution is 14.1. The average Bonchev–Trinajstić information content (AvgIpc) is 2.90. The lowest BCUT2D eigenvalue weighted by Crippen LogP contribution is -2.30. The zero-order valence-corrected chi connectivity index (χ0v) is 24.8. The number of rotatable bonds is 6. The summed E-state index contributed by atoms with van der Waals surface area (Å²) in [6.07, 6.45) is -4.63. The fraction of sp³-hybridized carbons (Fsp3) is 0.240. The van der Waals surface area contributed by atoms with Gasteiger partial charge in [0, 0.05) is 36.5 Å². The number of fused-ring (bicyclic) bond motifs is 1.